The minimum Gasteiger partial charge on any atom is -0.205 e. The van der Waals surface area contributed by atoms with Crippen LogP contribution in [0.15, 0.2) is 78.9 Å². The molecule has 4 aromatic carbocycles. The molecule has 0 aliphatic heterocycles. The quantitative estimate of drug-likeness (QED) is 0.122. The number of aryl methyl sites for hydroxylation is 2. The molecule has 0 unspecified atom stereocenters. The fourth-order valence-electron chi connectivity index (χ4n) is 5.21. The Labute approximate surface area is 235 Å². The maximum absolute atomic E-state index is 15.2. The Hall–Kier alpha value is -3.37. The van der Waals surface area contributed by atoms with E-state index in [1.54, 1.807) is 0 Å². The molecule has 0 aliphatic rings. The zero-order valence-electron chi connectivity index (χ0n) is 23.9. The molecule has 0 aromatic heterocycles. The predicted molar refractivity (Wildman–Crippen MR) is 167 cm³/mol. The molecule has 0 amide bonds. The molecule has 0 saturated carbocycles. The molecule has 0 nitrogen and oxygen atoms in total. The van der Waals surface area contributed by atoms with E-state index >= 15 is 4.39 Å². The number of fused-ring (bicyclic) bond motifs is 1. The van der Waals surface area contributed by atoms with Gasteiger partial charge in [0.05, 0.1) is 5.56 Å². The smallest absolute Gasteiger partial charge is 0.146 e. The molecule has 0 radical (unpaired) electrons. The third-order valence-corrected chi connectivity index (χ3v) is 7.67. The summed E-state index contributed by atoms with van der Waals surface area (Å²) in [5.74, 6) is 6.00. The van der Waals surface area contributed by atoms with Gasteiger partial charge in [-0.15, -0.1) is 0 Å². The second kappa shape index (κ2) is 15.3. The van der Waals surface area contributed by atoms with Crippen molar-refractivity contribution in [1.29, 1.82) is 0 Å². The number of rotatable bonds is 13. The standard InChI is InChI=1S/C38H43F/c1-3-5-7-9-11-13-30-15-21-33(22-16-30)34-23-17-31(18-24-34)19-25-35-26-27-36-29-32(14-12-10-8-6-4-2)20-28-37(36)38(35)39/h15-18,20-24,26-29H,3-14H2,1-2H3. The van der Waals surface area contributed by atoms with Crippen LogP contribution in [0.4, 0.5) is 4.39 Å². The topological polar surface area (TPSA) is 0 Å². The molecule has 0 spiro atoms. The van der Waals surface area contributed by atoms with Gasteiger partial charge in [-0.2, -0.15) is 0 Å². The first-order valence-corrected chi connectivity index (χ1v) is 15.1. The second-order valence-electron chi connectivity index (χ2n) is 10.8. The Morgan fingerprint density at radius 1 is 0.538 bits per heavy atom. The van der Waals surface area contributed by atoms with E-state index in [-0.39, 0.29) is 5.82 Å². The largest absolute Gasteiger partial charge is 0.205 e. The summed E-state index contributed by atoms with van der Waals surface area (Å²) in [4.78, 5) is 0. The summed E-state index contributed by atoms with van der Waals surface area (Å²) in [6.07, 6.45) is 15.1. The minimum absolute atomic E-state index is 0.225. The summed E-state index contributed by atoms with van der Waals surface area (Å²) in [5, 5.41) is 1.60. The van der Waals surface area contributed by atoms with Gasteiger partial charge in [-0.3, -0.25) is 0 Å². The van der Waals surface area contributed by atoms with E-state index in [2.05, 4.69) is 74.2 Å². The van der Waals surface area contributed by atoms with Gasteiger partial charge >= 0.3 is 0 Å². The summed E-state index contributed by atoms with van der Waals surface area (Å²) >= 11 is 0. The molecule has 0 atom stereocenters. The molecule has 0 saturated heterocycles. The van der Waals surface area contributed by atoms with E-state index in [1.165, 1.54) is 86.5 Å². The molecule has 4 rings (SSSR count). The van der Waals surface area contributed by atoms with Gasteiger partial charge < -0.3 is 0 Å². The maximum Gasteiger partial charge on any atom is 0.146 e. The molecule has 39 heavy (non-hydrogen) atoms. The van der Waals surface area contributed by atoms with Crippen LogP contribution in [0.3, 0.4) is 0 Å². The van der Waals surface area contributed by atoms with Crippen LogP contribution in [0.25, 0.3) is 21.9 Å². The van der Waals surface area contributed by atoms with Crippen molar-refractivity contribution < 1.29 is 4.39 Å². The molecular weight excluding hydrogens is 475 g/mol. The van der Waals surface area contributed by atoms with Crippen molar-refractivity contribution in [2.24, 2.45) is 0 Å². The van der Waals surface area contributed by atoms with Crippen molar-refractivity contribution in [3.63, 3.8) is 0 Å². The Morgan fingerprint density at radius 2 is 1.10 bits per heavy atom. The zero-order valence-corrected chi connectivity index (χ0v) is 23.9. The van der Waals surface area contributed by atoms with E-state index in [0.29, 0.717) is 10.9 Å². The number of halogens is 1. The van der Waals surface area contributed by atoms with E-state index in [9.17, 15) is 0 Å². The van der Waals surface area contributed by atoms with Gasteiger partial charge in [0.15, 0.2) is 0 Å². The van der Waals surface area contributed by atoms with E-state index < -0.39 is 0 Å². The minimum atomic E-state index is -0.225. The van der Waals surface area contributed by atoms with Crippen LogP contribution in [0.2, 0.25) is 0 Å². The Bertz CT molecular complexity index is 1370. The summed E-state index contributed by atoms with van der Waals surface area (Å²) in [6, 6.07) is 27.1. The third-order valence-electron chi connectivity index (χ3n) is 7.67. The first-order valence-electron chi connectivity index (χ1n) is 15.1. The highest BCUT2D eigenvalue weighted by molar-refractivity contribution is 5.85. The van der Waals surface area contributed by atoms with Crippen LogP contribution < -0.4 is 0 Å². The average molecular weight is 519 g/mol. The first kappa shape index (κ1) is 28.6. The summed E-state index contributed by atoms with van der Waals surface area (Å²) in [7, 11) is 0. The lowest BCUT2D eigenvalue weighted by Crippen LogP contribution is -1.90. The molecule has 0 bridgehead atoms. The molecule has 202 valence electrons. The molecule has 0 aliphatic carbocycles. The summed E-state index contributed by atoms with van der Waals surface area (Å²) in [6.45, 7) is 4.50. The number of benzene rings is 4. The summed E-state index contributed by atoms with van der Waals surface area (Å²) < 4.78 is 15.2. The Morgan fingerprint density at radius 3 is 1.74 bits per heavy atom. The van der Waals surface area contributed by atoms with Crippen LogP contribution >= 0.6 is 0 Å². The highest BCUT2D eigenvalue weighted by atomic mass is 19.1. The van der Waals surface area contributed by atoms with Gasteiger partial charge in [-0.1, -0.05) is 138 Å². The monoisotopic (exact) mass is 518 g/mol. The van der Waals surface area contributed by atoms with Gasteiger partial charge in [0, 0.05) is 10.9 Å². The van der Waals surface area contributed by atoms with Gasteiger partial charge in [-0.05, 0) is 71.5 Å². The molecule has 4 aromatic rings. The summed E-state index contributed by atoms with van der Waals surface area (Å²) in [5.41, 5.74) is 6.42. The van der Waals surface area contributed by atoms with Crippen molar-refractivity contribution in [2.75, 3.05) is 0 Å². The van der Waals surface area contributed by atoms with Crippen molar-refractivity contribution >= 4 is 10.8 Å². The Kier molecular flexibility index (Phi) is 11.2. The second-order valence-corrected chi connectivity index (χ2v) is 10.8. The van der Waals surface area contributed by atoms with E-state index in [1.807, 2.05) is 30.3 Å². The fraction of sp³-hybridized carbons (Fsp3) is 0.368. The van der Waals surface area contributed by atoms with Crippen molar-refractivity contribution in [3.8, 4) is 23.0 Å². The number of unbranched alkanes of at least 4 members (excludes halogenated alkanes) is 8. The van der Waals surface area contributed by atoms with Crippen LogP contribution in [0, 0.1) is 17.7 Å². The van der Waals surface area contributed by atoms with Crippen LogP contribution in [-0.2, 0) is 12.8 Å². The average Bonchev–Trinajstić information content (AvgIpc) is 2.97. The van der Waals surface area contributed by atoms with E-state index in [4.69, 9.17) is 0 Å². The highest BCUT2D eigenvalue weighted by Gasteiger charge is 2.07. The SMILES string of the molecule is CCCCCCCc1ccc(-c2ccc(C#Cc3ccc4cc(CCCCCCC)ccc4c3F)cc2)cc1. The van der Waals surface area contributed by atoms with Crippen LogP contribution in [-0.4, -0.2) is 0 Å². The lowest BCUT2D eigenvalue weighted by atomic mass is 9.99. The molecule has 0 fully saturated rings. The first-order chi connectivity index (χ1) is 19.2. The Balaban J connectivity index is 1.36. The highest BCUT2D eigenvalue weighted by Crippen LogP contribution is 2.24. The zero-order chi connectivity index (χ0) is 27.3. The predicted octanol–water partition coefficient (Wildman–Crippen LogP) is 11.1. The van der Waals surface area contributed by atoms with Gasteiger partial charge in [0.2, 0.25) is 0 Å². The maximum atomic E-state index is 15.2. The van der Waals surface area contributed by atoms with Crippen LogP contribution in [0.1, 0.15) is 100 Å². The number of hydrogen-bond acceptors (Lipinski definition) is 0. The van der Waals surface area contributed by atoms with Crippen molar-refractivity contribution in [2.45, 2.75) is 90.9 Å². The van der Waals surface area contributed by atoms with E-state index in [0.717, 1.165) is 23.8 Å². The lowest BCUT2D eigenvalue weighted by molar-refractivity contribution is 0.631. The number of hydrogen-bond donors (Lipinski definition) is 0. The van der Waals surface area contributed by atoms with Crippen LogP contribution in [0.5, 0.6) is 0 Å². The van der Waals surface area contributed by atoms with Gasteiger partial charge in [0.1, 0.15) is 5.82 Å². The molecule has 0 heterocycles. The lowest BCUT2D eigenvalue weighted by Gasteiger charge is -2.06. The molecule has 1 heteroatoms. The normalized spacial score (nSPS) is 10.9. The third kappa shape index (κ3) is 8.56. The van der Waals surface area contributed by atoms with Gasteiger partial charge in [-0.25, -0.2) is 4.39 Å². The van der Waals surface area contributed by atoms with Gasteiger partial charge in [0.25, 0.3) is 0 Å². The molecular formula is C38H43F. The fourth-order valence-corrected chi connectivity index (χ4v) is 5.21. The molecule has 0 N–H and O–H groups in total. The van der Waals surface area contributed by atoms with Crippen molar-refractivity contribution in [3.05, 3.63) is 107 Å². The van der Waals surface area contributed by atoms with Crippen molar-refractivity contribution in [1.82, 2.24) is 0 Å².